The highest BCUT2D eigenvalue weighted by atomic mass is 16.3. The Morgan fingerprint density at radius 1 is 1.23 bits per heavy atom. The van der Waals surface area contributed by atoms with Crippen LogP contribution in [-0.4, -0.2) is 21.9 Å². The molecule has 0 saturated carbocycles. The van der Waals surface area contributed by atoms with E-state index < -0.39 is 5.60 Å². The summed E-state index contributed by atoms with van der Waals surface area (Å²) in [6.45, 7) is 9.88. The van der Waals surface area contributed by atoms with E-state index in [4.69, 9.17) is 5.11 Å². The van der Waals surface area contributed by atoms with Crippen molar-refractivity contribution in [3.63, 3.8) is 0 Å². The van der Waals surface area contributed by atoms with Gasteiger partial charge in [-0.15, -0.1) is 0 Å². The maximum absolute atomic E-state index is 10.3. The van der Waals surface area contributed by atoms with E-state index in [1.807, 2.05) is 27.7 Å². The lowest BCUT2D eigenvalue weighted by Crippen LogP contribution is -2.42. The van der Waals surface area contributed by atoms with Crippen molar-refractivity contribution in [3.05, 3.63) is 0 Å². The zero-order valence-electron chi connectivity index (χ0n) is 9.59. The van der Waals surface area contributed by atoms with Crippen LogP contribution in [0.4, 0.5) is 0 Å². The van der Waals surface area contributed by atoms with Gasteiger partial charge in [-0.1, -0.05) is 27.7 Å². The fourth-order valence-electron chi connectivity index (χ4n) is 1.53. The second-order valence-corrected chi connectivity index (χ2v) is 5.02. The predicted octanol–water partition coefficient (Wildman–Crippen LogP) is 2.33. The van der Waals surface area contributed by atoms with Gasteiger partial charge in [0.25, 0.3) is 0 Å². The first-order valence-electron chi connectivity index (χ1n) is 5.13. The minimum Gasteiger partial charge on any atom is -0.393 e. The molecule has 0 aliphatic heterocycles. The molecule has 0 bridgehead atoms. The van der Waals surface area contributed by atoms with E-state index in [0.717, 1.165) is 6.42 Å². The van der Waals surface area contributed by atoms with Gasteiger partial charge in [-0.25, -0.2) is 0 Å². The molecule has 0 aliphatic rings. The summed E-state index contributed by atoms with van der Waals surface area (Å²) in [6, 6.07) is 0. The molecule has 0 aromatic heterocycles. The largest absolute Gasteiger partial charge is 0.393 e. The molecule has 0 aromatic carbocycles. The highest BCUT2D eigenvalue weighted by Crippen LogP contribution is 2.36. The van der Waals surface area contributed by atoms with Crippen molar-refractivity contribution >= 4 is 0 Å². The first-order valence-corrected chi connectivity index (χ1v) is 5.13. The van der Waals surface area contributed by atoms with Crippen molar-refractivity contribution in [2.75, 3.05) is 0 Å². The van der Waals surface area contributed by atoms with Crippen LogP contribution in [0.5, 0.6) is 0 Å². The number of hydrogen-bond donors (Lipinski definition) is 2. The Bertz CT molecular complexity index is 147. The van der Waals surface area contributed by atoms with E-state index in [0.29, 0.717) is 12.8 Å². The van der Waals surface area contributed by atoms with Crippen molar-refractivity contribution < 1.29 is 10.2 Å². The highest BCUT2D eigenvalue weighted by molar-refractivity contribution is 4.89. The van der Waals surface area contributed by atoms with Crippen LogP contribution in [0, 0.1) is 5.41 Å². The fourth-order valence-corrected chi connectivity index (χ4v) is 1.53. The molecule has 0 rings (SSSR count). The number of aliphatic hydroxyl groups excluding tert-OH is 1. The maximum atomic E-state index is 10.3. The molecule has 2 heteroatoms. The summed E-state index contributed by atoms with van der Waals surface area (Å²) in [5.41, 5.74) is -0.763. The summed E-state index contributed by atoms with van der Waals surface area (Å²) >= 11 is 0. The predicted molar refractivity (Wildman–Crippen MR) is 55.6 cm³/mol. The van der Waals surface area contributed by atoms with Gasteiger partial charge in [0, 0.05) is 0 Å². The van der Waals surface area contributed by atoms with Crippen molar-refractivity contribution in [1.29, 1.82) is 0 Å². The summed E-state index contributed by atoms with van der Waals surface area (Å²) < 4.78 is 0. The van der Waals surface area contributed by atoms with Crippen molar-refractivity contribution in [3.8, 4) is 0 Å². The van der Waals surface area contributed by atoms with Gasteiger partial charge < -0.3 is 10.2 Å². The summed E-state index contributed by atoms with van der Waals surface area (Å²) in [7, 11) is 0. The van der Waals surface area contributed by atoms with Crippen LogP contribution in [0.2, 0.25) is 0 Å². The molecule has 0 heterocycles. The summed E-state index contributed by atoms with van der Waals surface area (Å²) in [6.07, 6.45) is 1.76. The molecule has 0 radical (unpaired) electrons. The van der Waals surface area contributed by atoms with Gasteiger partial charge in [0.1, 0.15) is 0 Å². The lowest BCUT2D eigenvalue weighted by atomic mass is 9.72. The van der Waals surface area contributed by atoms with Gasteiger partial charge in [-0.2, -0.15) is 0 Å². The SMILES string of the molecule is CCC(O)(CCC(C)O)C(C)(C)C. The van der Waals surface area contributed by atoms with Crippen molar-refractivity contribution in [2.24, 2.45) is 5.41 Å². The lowest BCUT2D eigenvalue weighted by molar-refractivity contribution is -0.0741. The van der Waals surface area contributed by atoms with Gasteiger partial charge in [0.05, 0.1) is 11.7 Å². The van der Waals surface area contributed by atoms with E-state index in [1.165, 1.54) is 0 Å². The first-order chi connectivity index (χ1) is 5.73. The smallest absolute Gasteiger partial charge is 0.0694 e. The zero-order valence-corrected chi connectivity index (χ0v) is 9.59. The first kappa shape index (κ1) is 12.9. The Morgan fingerprint density at radius 2 is 1.69 bits per heavy atom. The Labute approximate surface area is 82.0 Å². The van der Waals surface area contributed by atoms with Gasteiger partial charge in [0.2, 0.25) is 0 Å². The quantitative estimate of drug-likeness (QED) is 0.711. The molecule has 0 saturated heterocycles. The molecule has 2 unspecified atom stereocenters. The van der Waals surface area contributed by atoms with Crippen molar-refractivity contribution in [2.45, 2.75) is 65.6 Å². The lowest BCUT2D eigenvalue weighted by Gasteiger charge is -2.40. The van der Waals surface area contributed by atoms with E-state index in [2.05, 4.69) is 0 Å². The summed E-state index contributed by atoms with van der Waals surface area (Å²) in [4.78, 5) is 0. The number of rotatable bonds is 4. The minimum atomic E-state index is -0.649. The molecule has 0 spiro atoms. The maximum Gasteiger partial charge on any atom is 0.0694 e. The van der Waals surface area contributed by atoms with Crippen LogP contribution >= 0.6 is 0 Å². The van der Waals surface area contributed by atoms with Crippen LogP contribution in [0.3, 0.4) is 0 Å². The molecule has 80 valence electrons. The molecule has 2 atom stereocenters. The van der Waals surface area contributed by atoms with Gasteiger partial charge in [-0.3, -0.25) is 0 Å². The topological polar surface area (TPSA) is 40.5 Å². The Kier molecular flexibility index (Phi) is 4.40. The Morgan fingerprint density at radius 3 is 1.92 bits per heavy atom. The third-order valence-corrected chi connectivity index (χ3v) is 2.96. The number of hydrogen-bond acceptors (Lipinski definition) is 2. The average molecular weight is 188 g/mol. The molecule has 13 heavy (non-hydrogen) atoms. The Balaban J connectivity index is 4.29. The van der Waals surface area contributed by atoms with Gasteiger partial charge in [-0.05, 0) is 31.6 Å². The normalized spacial score (nSPS) is 19.6. The van der Waals surface area contributed by atoms with Crippen LogP contribution < -0.4 is 0 Å². The zero-order chi connectivity index (χ0) is 10.7. The molecule has 0 fully saturated rings. The van der Waals surface area contributed by atoms with Crippen LogP contribution in [-0.2, 0) is 0 Å². The Hall–Kier alpha value is -0.0800. The third kappa shape index (κ3) is 3.65. The molecular weight excluding hydrogens is 164 g/mol. The molecular formula is C11H24O2. The average Bonchev–Trinajstić information content (AvgIpc) is 1.98. The molecule has 0 amide bonds. The second-order valence-electron chi connectivity index (χ2n) is 5.02. The molecule has 0 aromatic rings. The highest BCUT2D eigenvalue weighted by Gasteiger charge is 2.37. The standard InChI is InChI=1S/C11H24O2/c1-6-11(13,10(3,4)5)8-7-9(2)12/h9,12-13H,6-8H2,1-5H3. The van der Waals surface area contributed by atoms with Crippen LogP contribution in [0.1, 0.15) is 53.9 Å². The molecule has 2 N–H and O–H groups in total. The van der Waals surface area contributed by atoms with E-state index in [-0.39, 0.29) is 11.5 Å². The molecule has 0 aliphatic carbocycles. The minimum absolute atomic E-state index is 0.114. The van der Waals surface area contributed by atoms with Crippen LogP contribution in [0.25, 0.3) is 0 Å². The van der Waals surface area contributed by atoms with E-state index in [1.54, 1.807) is 6.92 Å². The van der Waals surface area contributed by atoms with Gasteiger partial charge >= 0.3 is 0 Å². The van der Waals surface area contributed by atoms with Crippen molar-refractivity contribution in [1.82, 2.24) is 0 Å². The summed E-state index contributed by atoms with van der Waals surface area (Å²) in [5, 5.41) is 19.5. The monoisotopic (exact) mass is 188 g/mol. The fraction of sp³-hybridized carbons (Fsp3) is 1.00. The summed E-state index contributed by atoms with van der Waals surface area (Å²) in [5.74, 6) is 0. The van der Waals surface area contributed by atoms with Crippen LogP contribution in [0.15, 0.2) is 0 Å². The molecule has 2 nitrogen and oxygen atoms in total. The van der Waals surface area contributed by atoms with E-state index in [9.17, 15) is 5.11 Å². The van der Waals surface area contributed by atoms with E-state index >= 15 is 0 Å². The third-order valence-electron chi connectivity index (χ3n) is 2.96. The van der Waals surface area contributed by atoms with Gasteiger partial charge in [0.15, 0.2) is 0 Å². The number of aliphatic hydroxyl groups is 2. The second kappa shape index (κ2) is 4.43.